The highest BCUT2D eigenvalue weighted by molar-refractivity contribution is 6.29. The number of hydrogen-bond acceptors (Lipinski definition) is 3. The third-order valence-electron chi connectivity index (χ3n) is 1.06. The molecule has 0 spiro atoms. The molecule has 0 unspecified atom stereocenters. The number of hydrogen-bond donors (Lipinski definition) is 1. The van der Waals surface area contributed by atoms with E-state index in [4.69, 9.17) is 17.3 Å². The maximum atomic E-state index is 12.0. The van der Waals surface area contributed by atoms with Crippen LogP contribution in [0.15, 0.2) is 6.07 Å². The molecule has 0 aliphatic heterocycles. The molecule has 6 heteroatoms. The van der Waals surface area contributed by atoms with Crippen molar-refractivity contribution in [2.45, 2.75) is 6.43 Å². The van der Waals surface area contributed by atoms with Crippen LogP contribution >= 0.6 is 11.6 Å². The lowest BCUT2D eigenvalue weighted by Gasteiger charge is -2.00. The van der Waals surface area contributed by atoms with Gasteiger partial charge in [-0.15, -0.1) is 10.2 Å². The SMILES string of the molecule is Nc1nnc(Cl)cc1C(F)F. The van der Waals surface area contributed by atoms with Gasteiger partial charge >= 0.3 is 0 Å². The summed E-state index contributed by atoms with van der Waals surface area (Å²) >= 11 is 5.30. The number of nitrogen functional groups attached to an aromatic ring is 1. The molecule has 11 heavy (non-hydrogen) atoms. The fourth-order valence-corrected chi connectivity index (χ4v) is 0.721. The zero-order chi connectivity index (χ0) is 8.43. The monoisotopic (exact) mass is 179 g/mol. The largest absolute Gasteiger partial charge is 0.382 e. The summed E-state index contributed by atoms with van der Waals surface area (Å²) in [5.41, 5.74) is 4.69. The van der Waals surface area contributed by atoms with Crippen LogP contribution < -0.4 is 5.73 Å². The first kappa shape index (κ1) is 8.13. The van der Waals surface area contributed by atoms with Crippen molar-refractivity contribution in [1.29, 1.82) is 0 Å². The Hall–Kier alpha value is -0.970. The number of nitrogens with zero attached hydrogens (tertiary/aromatic N) is 2. The van der Waals surface area contributed by atoms with Crippen LogP contribution in [-0.2, 0) is 0 Å². The summed E-state index contributed by atoms with van der Waals surface area (Å²) in [4.78, 5) is 0. The number of aromatic nitrogens is 2. The van der Waals surface area contributed by atoms with Gasteiger partial charge in [0.05, 0.1) is 5.56 Å². The zero-order valence-electron chi connectivity index (χ0n) is 5.26. The number of halogens is 3. The Kier molecular flexibility index (Phi) is 2.19. The lowest BCUT2D eigenvalue weighted by Crippen LogP contribution is -1.99. The molecule has 0 amide bonds. The Balaban J connectivity index is 3.13. The topological polar surface area (TPSA) is 51.8 Å². The molecule has 1 heterocycles. The van der Waals surface area contributed by atoms with Crippen molar-refractivity contribution in [3.63, 3.8) is 0 Å². The molecule has 0 radical (unpaired) electrons. The van der Waals surface area contributed by atoms with Gasteiger partial charge in [-0.2, -0.15) is 0 Å². The molecule has 0 aromatic carbocycles. The van der Waals surface area contributed by atoms with Gasteiger partial charge in [-0.25, -0.2) is 8.78 Å². The van der Waals surface area contributed by atoms with Crippen molar-refractivity contribution in [2.75, 3.05) is 5.73 Å². The predicted molar refractivity (Wildman–Crippen MR) is 36.4 cm³/mol. The minimum atomic E-state index is -2.66. The lowest BCUT2D eigenvalue weighted by molar-refractivity contribution is 0.151. The minimum absolute atomic E-state index is 0.0884. The fraction of sp³-hybridized carbons (Fsp3) is 0.200. The van der Waals surface area contributed by atoms with E-state index in [0.717, 1.165) is 6.07 Å². The third-order valence-corrected chi connectivity index (χ3v) is 1.24. The second-order valence-corrected chi connectivity index (χ2v) is 2.20. The van der Waals surface area contributed by atoms with E-state index >= 15 is 0 Å². The highest BCUT2D eigenvalue weighted by Gasteiger charge is 2.12. The summed E-state index contributed by atoms with van der Waals surface area (Å²) in [5.74, 6) is -0.288. The smallest absolute Gasteiger partial charge is 0.267 e. The number of rotatable bonds is 1. The molecule has 0 fully saturated rings. The minimum Gasteiger partial charge on any atom is -0.382 e. The van der Waals surface area contributed by atoms with Crippen LogP contribution in [0.1, 0.15) is 12.0 Å². The summed E-state index contributed by atoms with van der Waals surface area (Å²) in [6, 6.07) is 0.995. The first-order valence-electron chi connectivity index (χ1n) is 2.68. The van der Waals surface area contributed by atoms with Gasteiger partial charge < -0.3 is 5.73 Å². The third kappa shape index (κ3) is 1.74. The van der Waals surface area contributed by atoms with E-state index in [1.807, 2.05) is 0 Å². The molecule has 1 aromatic rings. The van der Waals surface area contributed by atoms with Crippen molar-refractivity contribution in [3.05, 3.63) is 16.8 Å². The normalized spacial score (nSPS) is 10.5. The highest BCUT2D eigenvalue weighted by Crippen LogP contribution is 2.24. The number of anilines is 1. The highest BCUT2D eigenvalue weighted by atomic mass is 35.5. The Labute approximate surface area is 66.2 Å². The average molecular weight is 180 g/mol. The second-order valence-electron chi connectivity index (χ2n) is 1.81. The summed E-state index contributed by atoms with van der Waals surface area (Å²) in [6.45, 7) is 0. The van der Waals surface area contributed by atoms with E-state index < -0.39 is 6.43 Å². The van der Waals surface area contributed by atoms with Gasteiger partial charge in [-0.1, -0.05) is 11.6 Å². The number of nitrogens with two attached hydrogens (primary N) is 1. The standard InChI is InChI=1S/C5H4ClF2N3/c6-3-1-2(4(7)8)5(9)11-10-3/h1,4H,(H2,9,11). The van der Waals surface area contributed by atoms with Crippen LogP contribution in [0.25, 0.3) is 0 Å². The van der Waals surface area contributed by atoms with Crippen molar-refractivity contribution in [1.82, 2.24) is 10.2 Å². The first-order chi connectivity index (χ1) is 5.11. The summed E-state index contributed by atoms with van der Waals surface area (Å²) in [6.07, 6.45) is -2.66. The molecule has 0 aliphatic carbocycles. The Bertz CT molecular complexity index is 266. The molecular formula is C5H4ClF2N3. The molecule has 2 N–H and O–H groups in total. The van der Waals surface area contributed by atoms with E-state index in [0.29, 0.717) is 0 Å². The molecule has 0 atom stereocenters. The first-order valence-corrected chi connectivity index (χ1v) is 3.06. The van der Waals surface area contributed by atoms with Crippen molar-refractivity contribution in [2.24, 2.45) is 0 Å². The maximum Gasteiger partial charge on any atom is 0.267 e. The van der Waals surface area contributed by atoms with E-state index in [9.17, 15) is 8.78 Å². The quantitative estimate of drug-likeness (QED) is 0.713. The van der Waals surface area contributed by atoms with Crippen molar-refractivity contribution >= 4 is 17.4 Å². The van der Waals surface area contributed by atoms with Crippen LogP contribution in [0.4, 0.5) is 14.6 Å². The molecule has 1 aromatic heterocycles. The Morgan fingerprint density at radius 3 is 2.55 bits per heavy atom. The second kappa shape index (κ2) is 2.96. The van der Waals surface area contributed by atoms with Crippen LogP contribution in [0.2, 0.25) is 5.15 Å². The van der Waals surface area contributed by atoms with Crippen molar-refractivity contribution < 1.29 is 8.78 Å². The van der Waals surface area contributed by atoms with Crippen molar-refractivity contribution in [3.8, 4) is 0 Å². The van der Waals surface area contributed by atoms with E-state index in [1.54, 1.807) is 0 Å². The fourth-order valence-electron chi connectivity index (χ4n) is 0.565. The lowest BCUT2D eigenvalue weighted by atomic mass is 10.3. The van der Waals surface area contributed by atoms with Crippen LogP contribution in [-0.4, -0.2) is 10.2 Å². The number of alkyl halides is 2. The molecule has 3 nitrogen and oxygen atoms in total. The van der Waals surface area contributed by atoms with Crippen LogP contribution in [0, 0.1) is 0 Å². The van der Waals surface area contributed by atoms with Gasteiger partial charge in [0.1, 0.15) is 0 Å². The summed E-state index contributed by atoms with van der Waals surface area (Å²) < 4.78 is 24.0. The maximum absolute atomic E-state index is 12.0. The Morgan fingerprint density at radius 1 is 1.45 bits per heavy atom. The van der Waals surface area contributed by atoms with Gasteiger partial charge in [0.25, 0.3) is 6.43 Å². The zero-order valence-corrected chi connectivity index (χ0v) is 6.02. The van der Waals surface area contributed by atoms with Crippen LogP contribution in [0.5, 0.6) is 0 Å². The van der Waals surface area contributed by atoms with Crippen LogP contribution in [0.3, 0.4) is 0 Å². The molecule has 0 saturated heterocycles. The molecule has 0 bridgehead atoms. The van der Waals surface area contributed by atoms with Gasteiger partial charge in [-0.05, 0) is 6.07 Å². The molecular weight excluding hydrogens is 176 g/mol. The van der Waals surface area contributed by atoms with Gasteiger partial charge in [0, 0.05) is 0 Å². The molecule has 0 saturated carbocycles. The summed E-state index contributed by atoms with van der Waals surface area (Å²) in [7, 11) is 0. The van der Waals surface area contributed by atoms with Gasteiger partial charge in [0.15, 0.2) is 11.0 Å². The summed E-state index contributed by atoms with van der Waals surface area (Å²) in [5, 5.41) is 6.41. The average Bonchev–Trinajstić information content (AvgIpc) is 1.94. The predicted octanol–water partition coefficient (Wildman–Crippen LogP) is 1.65. The molecule has 0 aliphatic rings. The van der Waals surface area contributed by atoms with E-state index in [-0.39, 0.29) is 16.5 Å². The van der Waals surface area contributed by atoms with E-state index in [2.05, 4.69) is 10.2 Å². The molecule has 1 rings (SSSR count). The molecule has 60 valence electrons. The van der Waals surface area contributed by atoms with Gasteiger partial charge in [0.2, 0.25) is 0 Å². The van der Waals surface area contributed by atoms with E-state index in [1.165, 1.54) is 0 Å². The Morgan fingerprint density at radius 2 is 2.09 bits per heavy atom. The van der Waals surface area contributed by atoms with Gasteiger partial charge in [-0.3, -0.25) is 0 Å².